The van der Waals surface area contributed by atoms with Gasteiger partial charge in [0.05, 0.1) is 11.5 Å². The third-order valence-corrected chi connectivity index (χ3v) is 2.69. The van der Waals surface area contributed by atoms with Crippen LogP contribution < -0.4 is 0 Å². The summed E-state index contributed by atoms with van der Waals surface area (Å²) in [6.07, 6.45) is 1.25. The van der Waals surface area contributed by atoms with Crippen molar-refractivity contribution in [2.75, 3.05) is 0 Å². The molecule has 0 aliphatic carbocycles. The minimum atomic E-state index is -0.515. The van der Waals surface area contributed by atoms with Crippen LogP contribution in [0.15, 0.2) is 48.5 Å². The van der Waals surface area contributed by atoms with Gasteiger partial charge in [-0.05, 0) is 11.6 Å². The van der Waals surface area contributed by atoms with Crippen molar-refractivity contribution in [3.63, 3.8) is 0 Å². The lowest BCUT2D eigenvalue weighted by atomic mass is 10.2. The van der Waals surface area contributed by atoms with Gasteiger partial charge >= 0.3 is 0 Å². The van der Waals surface area contributed by atoms with Crippen LogP contribution in [0.4, 0.5) is 11.4 Å². The number of benzene rings is 2. The van der Waals surface area contributed by atoms with Crippen LogP contribution in [0.1, 0.15) is 11.1 Å². The molecule has 0 saturated heterocycles. The maximum atomic E-state index is 12.0. The first-order valence-corrected chi connectivity index (χ1v) is 5.85. The van der Waals surface area contributed by atoms with E-state index in [9.17, 15) is 15.3 Å². The molecule has 0 bridgehead atoms. The molecule has 0 saturated carbocycles. The SMILES string of the molecule is O=[N+]([O-])c1cccc(C=[N+]([O-])c2cccc(CO)c2)c1. The van der Waals surface area contributed by atoms with Crippen LogP contribution in [0.5, 0.6) is 0 Å². The third kappa shape index (κ3) is 3.18. The summed E-state index contributed by atoms with van der Waals surface area (Å²) in [5.41, 5.74) is 1.33. The molecule has 2 aromatic carbocycles. The molecule has 0 amide bonds. The van der Waals surface area contributed by atoms with E-state index in [-0.39, 0.29) is 12.3 Å². The molecule has 0 aromatic heterocycles. The highest BCUT2D eigenvalue weighted by Crippen LogP contribution is 2.15. The van der Waals surface area contributed by atoms with Gasteiger partial charge in [0.1, 0.15) is 0 Å². The average molecular weight is 272 g/mol. The van der Waals surface area contributed by atoms with Crippen molar-refractivity contribution in [2.45, 2.75) is 6.61 Å². The maximum Gasteiger partial charge on any atom is 0.270 e. The predicted octanol–water partition coefficient (Wildman–Crippen LogP) is 2.35. The number of nitro groups is 1. The van der Waals surface area contributed by atoms with E-state index < -0.39 is 4.92 Å². The van der Waals surface area contributed by atoms with Gasteiger partial charge in [0.25, 0.3) is 5.69 Å². The average Bonchev–Trinajstić information content (AvgIpc) is 2.47. The summed E-state index contributed by atoms with van der Waals surface area (Å²) in [6.45, 7) is -0.154. The number of aliphatic hydroxyl groups excluding tert-OH is 1. The highest BCUT2D eigenvalue weighted by molar-refractivity contribution is 5.77. The van der Waals surface area contributed by atoms with E-state index in [1.165, 1.54) is 24.4 Å². The van der Waals surface area contributed by atoms with E-state index in [1.54, 1.807) is 30.3 Å². The summed E-state index contributed by atoms with van der Waals surface area (Å²) in [5, 5.41) is 31.7. The molecule has 0 atom stereocenters. The highest BCUT2D eigenvalue weighted by atomic mass is 16.6. The van der Waals surface area contributed by atoms with Gasteiger partial charge in [0, 0.05) is 29.8 Å². The molecular weight excluding hydrogens is 260 g/mol. The van der Waals surface area contributed by atoms with Crippen LogP contribution >= 0.6 is 0 Å². The standard InChI is InChI=1S/C14H12N2O4/c17-10-12-4-2-5-13(8-12)15(18)9-11-3-1-6-14(7-11)16(19)20/h1-9,17H,10H2. The van der Waals surface area contributed by atoms with Crippen molar-refractivity contribution < 1.29 is 14.8 Å². The van der Waals surface area contributed by atoms with E-state index in [4.69, 9.17) is 5.11 Å². The van der Waals surface area contributed by atoms with Crippen LogP contribution in [0, 0.1) is 15.3 Å². The van der Waals surface area contributed by atoms with Gasteiger partial charge in [0.2, 0.25) is 5.69 Å². The largest absolute Gasteiger partial charge is 0.618 e. The number of nitro benzene ring substituents is 1. The Morgan fingerprint density at radius 3 is 2.45 bits per heavy atom. The first-order chi connectivity index (χ1) is 9.60. The van der Waals surface area contributed by atoms with E-state index in [2.05, 4.69) is 0 Å². The van der Waals surface area contributed by atoms with Crippen molar-refractivity contribution in [3.05, 3.63) is 75.0 Å². The van der Waals surface area contributed by atoms with Gasteiger partial charge in [-0.3, -0.25) is 10.1 Å². The van der Waals surface area contributed by atoms with E-state index in [0.717, 1.165) is 0 Å². The zero-order valence-corrected chi connectivity index (χ0v) is 10.5. The summed E-state index contributed by atoms with van der Waals surface area (Å²) in [7, 11) is 0. The number of hydrogen-bond acceptors (Lipinski definition) is 4. The van der Waals surface area contributed by atoms with E-state index in [1.807, 2.05) is 0 Å². The number of non-ortho nitro benzene ring substituents is 1. The molecule has 2 aromatic rings. The summed E-state index contributed by atoms with van der Waals surface area (Å²) in [4.78, 5) is 10.1. The minimum absolute atomic E-state index is 0.0729. The Bertz CT molecular complexity index is 668. The van der Waals surface area contributed by atoms with Crippen molar-refractivity contribution in [2.24, 2.45) is 0 Å². The number of rotatable bonds is 4. The smallest absolute Gasteiger partial charge is 0.270 e. The lowest BCUT2D eigenvalue weighted by Gasteiger charge is -2.04. The topological polar surface area (TPSA) is 89.4 Å². The first kappa shape index (κ1) is 13.7. The van der Waals surface area contributed by atoms with Gasteiger partial charge in [-0.15, -0.1) is 0 Å². The Balaban J connectivity index is 2.34. The third-order valence-electron chi connectivity index (χ3n) is 2.69. The van der Waals surface area contributed by atoms with Gasteiger partial charge in [-0.2, -0.15) is 4.74 Å². The number of aliphatic hydroxyl groups is 1. The molecule has 0 heterocycles. The van der Waals surface area contributed by atoms with Crippen molar-refractivity contribution in [1.82, 2.24) is 0 Å². The van der Waals surface area contributed by atoms with Crippen molar-refractivity contribution in [1.29, 1.82) is 0 Å². The Morgan fingerprint density at radius 1 is 1.05 bits per heavy atom. The van der Waals surface area contributed by atoms with Gasteiger partial charge < -0.3 is 10.3 Å². The van der Waals surface area contributed by atoms with Gasteiger partial charge in [-0.1, -0.05) is 18.2 Å². The quantitative estimate of drug-likeness (QED) is 0.304. The Morgan fingerprint density at radius 2 is 1.75 bits per heavy atom. The number of hydrogen-bond donors (Lipinski definition) is 1. The van der Waals surface area contributed by atoms with Crippen LogP contribution in [0.3, 0.4) is 0 Å². The fourth-order valence-electron chi connectivity index (χ4n) is 1.72. The lowest BCUT2D eigenvalue weighted by Crippen LogP contribution is -2.00. The zero-order chi connectivity index (χ0) is 14.5. The fourth-order valence-corrected chi connectivity index (χ4v) is 1.72. The molecule has 0 spiro atoms. The monoisotopic (exact) mass is 272 g/mol. The Labute approximate surface area is 115 Å². The summed E-state index contributed by atoms with van der Waals surface area (Å²) >= 11 is 0. The van der Waals surface area contributed by atoms with Crippen LogP contribution in [0.25, 0.3) is 0 Å². The molecule has 0 radical (unpaired) electrons. The maximum absolute atomic E-state index is 12.0. The fraction of sp³-hybridized carbons (Fsp3) is 0.0714. The second-order valence-electron chi connectivity index (χ2n) is 4.14. The van der Waals surface area contributed by atoms with Crippen LogP contribution in [0.2, 0.25) is 0 Å². The molecule has 102 valence electrons. The van der Waals surface area contributed by atoms with Crippen molar-refractivity contribution >= 4 is 17.6 Å². The number of nitrogens with zero attached hydrogens (tertiary/aromatic N) is 2. The van der Waals surface area contributed by atoms with E-state index >= 15 is 0 Å². The minimum Gasteiger partial charge on any atom is -0.618 e. The highest BCUT2D eigenvalue weighted by Gasteiger charge is 2.07. The van der Waals surface area contributed by atoms with Crippen LogP contribution in [-0.2, 0) is 6.61 Å². The summed E-state index contributed by atoms with van der Waals surface area (Å²) < 4.78 is 0.609. The molecule has 6 heteroatoms. The summed E-state index contributed by atoms with van der Waals surface area (Å²) in [5.74, 6) is 0. The van der Waals surface area contributed by atoms with Crippen LogP contribution in [-0.4, -0.2) is 21.0 Å². The van der Waals surface area contributed by atoms with Gasteiger partial charge in [0.15, 0.2) is 6.21 Å². The lowest BCUT2D eigenvalue weighted by molar-refractivity contribution is -0.385. The first-order valence-electron chi connectivity index (χ1n) is 5.85. The van der Waals surface area contributed by atoms with Crippen molar-refractivity contribution in [3.8, 4) is 0 Å². The molecule has 0 aliphatic heterocycles. The molecular formula is C14H12N2O4. The normalized spacial score (nSPS) is 11.3. The molecule has 6 nitrogen and oxygen atoms in total. The Kier molecular flexibility index (Phi) is 4.07. The predicted molar refractivity (Wildman–Crippen MR) is 73.9 cm³/mol. The Hall–Kier alpha value is -2.73. The molecule has 0 fully saturated rings. The summed E-state index contributed by atoms with van der Waals surface area (Å²) in [6, 6.07) is 12.3. The second-order valence-corrected chi connectivity index (χ2v) is 4.14. The van der Waals surface area contributed by atoms with Gasteiger partial charge in [-0.25, -0.2) is 0 Å². The second kappa shape index (κ2) is 5.94. The molecule has 1 N–H and O–H groups in total. The molecule has 2 rings (SSSR count). The zero-order valence-electron chi connectivity index (χ0n) is 10.5. The van der Waals surface area contributed by atoms with E-state index in [0.29, 0.717) is 21.6 Å². The molecule has 0 aliphatic rings. The molecule has 0 unspecified atom stereocenters. The molecule has 20 heavy (non-hydrogen) atoms.